The Balaban J connectivity index is 1.57. The largest absolute Gasteiger partial charge is 0.497 e. The molecule has 8 heteroatoms. The average Bonchev–Trinajstić information content (AvgIpc) is 3.29. The third-order valence-electron chi connectivity index (χ3n) is 6.24. The molecule has 1 saturated heterocycles. The zero-order valence-corrected chi connectivity index (χ0v) is 19.5. The lowest BCUT2D eigenvalue weighted by Crippen LogP contribution is -2.20. The molecule has 176 valence electrons. The van der Waals surface area contributed by atoms with Gasteiger partial charge in [-0.3, -0.25) is 4.57 Å². The summed E-state index contributed by atoms with van der Waals surface area (Å²) >= 11 is 0. The first-order valence-corrected chi connectivity index (χ1v) is 11.6. The van der Waals surface area contributed by atoms with Crippen molar-refractivity contribution in [3.8, 4) is 17.1 Å². The maximum absolute atomic E-state index is 9.45. The molecular weight excluding hydrogens is 430 g/mol. The van der Waals surface area contributed by atoms with Crippen molar-refractivity contribution < 1.29 is 14.6 Å². The van der Waals surface area contributed by atoms with Crippen molar-refractivity contribution >= 4 is 17.0 Å². The molecule has 34 heavy (non-hydrogen) atoms. The molecular formula is C26H29N5O3. The van der Waals surface area contributed by atoms with E-state index in [-0.39, 0.29) is 12.8 Å². The third kappa shape index (κ3) is 4.34. The summed E-state index contributed by atoms with van der Waals surface area (Å²) in [4.78, 5) is 16.4. The van der Waals surface area contributed by atoms with E-state index < -0.39 is 0 Å². The molecule has 2 aromatic heterocycles. The van der Waals surface area contributed by atoms with E-state index in [0.29, 0.717) is 6.54 Å². The summed E-state index contributed by atoms with van der Waals surface area (Å²) in [7, 11) is 3.68. The van der Waals surface area contributed by atoms with Crippen LogP contribution in [-0.2, 0) is 17.9 Å². The number of ether oxygens (including phenoxy) is 2. The van der Waals surface area contributed by atoms with Gasteiger partial charge in [0.1, 0.15) is 24.1 Å². The monoisotopic (exact) mass is 459 g/mol. The first-order valence-electron chi connectivity index (χ1n) is 11.6. The van der Waals surface area contributed by atoms with Gasteiger partial charge in [0.15, 0.2) is 17.0 Å². The molecule has 0 radical (unpaired) electrons. The summed E-state index contributed by atoms with van der Waals surface area (Å²) in [5.41, 5.74) is 4.46. The molecule has 0 aliphatic carbocycles. The molecule has 2 aromatic carbocycles. The van der Waals surface area contributed by atoms with Crippen LogP contribution >= 0.6 is 0 Å². The van der Waals surface area contributed by atoms with Gasteiger partial charge in [0.25, 0.3) is 0 Å². The van der Waals surface area contributed by atoms with E-state index in [1.165, 1.54) is 0 Å². The van der Waals surface area contributed by atoms with Crippen LogP contribution in [0, 0.1) is 0 Å². The predicted octanol–water partition coefficient (Wildman–Crippen LogP) is 4.33. The quantitative estimate of drug-likeness (QED) is 0.440. The fourth-order valence-corrected chi connectivity index (χ4v) is 4.42. The minimum Gasteiger partial charge on any atom is -0.497 e. The highest BCUT2D eigenvalue weighted by atomic mass is 16.5. The smallest absolute Gasteiger partial charge is 0.168 e. The van der Waals surface area contributed by atoms with Crippen molar-refractivity contribution in [3.63, 3.8) is 0 Å². The standard InChI is InChI=1S/C26H29N5O3/c1-30(15-18-8-12-21(33-2)13-9-18)25-23-26(28-17-27-25)31(22-5-3-4-14-34-22)24(29-23)20-10-6-19(16-32)7-11-20/h6-13,17,22,32H,3-5,14-16H2,1-2H3. The van der Waals surface area contributed by atoms with Gasteiger partial charge in [0, 0.05) is 25.8 Å². The van der Waals surface area contributed by atoms with Crippen LogP contribution in [0.15, 0.2) is 54.9 Å². The summed E-state index contributed by atoms with van der Waals surface area (Å²) in [6, 6.07) is 15.8. The maximum Gasteiger partial charge on any atom is 0.168 e. The fourth-order valence-electron chi connectivity index (χ4n) is 4.42. The van der Waals surface area contributed by atoms with Gasteiger partial charge in [0.2, 0.25) is 0 Å². The number of hydrogen-bond donors (Lipinski definition) is 1. The number of nitrogens with zero attached hydrogens (tertiary/aromatic N) is 5. The summed E-state index contributed by atoms with van der Waals surface area (Å²) in [5, 5.41) is 9.45. The van der Waals surface area contributed by atoms with E-state index in [1.54, 1.807) is 13.4 Å². The Morgan fingerprint density at radius 3 is 2.50 bits per heavy atom. The molecule has 8 nitrogen and oxygen atoms in total. The van der Waals surface area contributed by atoms with Crippen molar-refractivity contribution in [2.75, 3.05) is 25.7 Å². The van der Waals surface area contributed by atoms with Crippen LogP contribution in [0.4, 0.5) is 5.82 Å². The van der Waals surface area contributed by atoms with Crippen LogP contribution in [-0.4, -0.2) is 45.4 Å². The molecule has 0 spiro atoms. The second-order valence-corrected chi connectivity index (χ2v) is 8.56. The van der Waals surface area contributed by atoms with Gasteiger partial charge in [-0.15, -0.1) is 0 Å². The Hall–Kier alpha value is -3.49. The van der Waals surface area contributed by atoms with Crippen LogP contribution in [0.25, 0.3) is 22.6 Å². The topological polar surface area (TPSA) is 85.5 Å². The molecule has 1 N–H and O–H groups in total. The Morgan fingerprint density at radius 2 is 1.82 bits per heavy atom. The lowest BCUT2D eigenvalue weighted by Gasteiger charge is -2.25. The Labute approximate surface area is 198 Å². The van der Waals surface area contributed by atoms with Gasteiger partial charge in [-0.25, -0.2) is 15.0 Å². The normalized spacial score (nSPS) is 16.0. The minimum absolute atomic E-state index is 0.00815. The fraction of sp³-hybridized carbons (Fsp3) is 0.346. The van der Waals surface area contributed by atoms with Crippen LogP contribution in [0.3, 0.4) is 0 Å². The highest BCUT2D eigenvalue weighted by Crippen LogP contribution is 2.35. The Kier molecular flexibility index (Phi) is 6.42. The molecule has 0 saturated carbocycles. The number of anilines is 1. The summed E-state index contributed by atoms with van der Waals surface area (Å²) in [6.45, 7) is 1.40. The van der Waals surface area contributed by atoms with E-state index in [0.717, 1.165) is 71.1 Å². The molecule has 3 heterocycles. The van der Waals surface area contributed by atoms with Crippen LogP contribution in [0.1, 0.15) is 36.6 Å². The van der Waals surface area contributed by atoms with E-state index in [2.05, 4.69) is 31.6 Å². The average molecular weight is 460 g/mol. The van der Waals surface area contributed by atoms with Crippen molar-refractivity contribution in [2.45, 2.75) is 38.6 Å². The number of aliphatic hydroxyl groups is 1. The summed E-state index contributed by atoms with van der Waals surface area (Å²) < 4.78 is 13.5. The number of rotatable bonds is 7. The number of aliphatic hydroxyl groups excluding tert-OH is 1. The second kappa shape index (κ2) is 9.79. The van der Waals surface area contributed by atoms with Gasteiger partial charge in [0.05, 0.1) is 13.7 Å². The van der Waals surface area contributed by atoms with Crippen molar-refractivity contribution in [2.24, 2.45) is 0 Å². The number of benzene rings is 2. The van der Waals surface area contributed by atoms with E-state index in [9.17, 15) is 5.11 Å². The summed E-state index contributed by atoms with van der Waals surface area (Å²) in [6.07, 6.45) is 4.55. The molecule has 0 amide bonds. The van der Waals surface area contributed by atoms with Crippen molar-refractivity contribution in [3.05, 3.63) is 66.0 Å². The van der Waals surface area contributed by atoms with Gasteiger partial charge < -0.3 is 19.5 Å². The number of imidazole rings is 1. The number of aromatic nitrogens is 4. The molecule has 1 fully saturated rings. The number of fused-ring (bicyclic) bond motifs is 1. The van der Waals surface area contributed by atoms with Crippen LogP contribution in [0.2, 0.25) is 0 Å². The van der Waals surface area contributed by atoms with Crippen LogP contribution in [0.5, 0.6) is 5.75 Å². The molecule has 1 unspecified atom stereocenters. The Bertz CT molecular complexity index is 1250. The predicted molar refractivity (Wildman–Crippen MR) is 131 cm³/mol. The van der Waals surface area contributed by atoms with Crippen LogP contribution < -0.4 is 9.64 Å². The molecule has 4 aromatic rings. The minimum atomic E-state index is -0.124. The molecule has 5 rings (SSSR count). The van der Waals surface area contributed by atoms with Gasteiger partial charge in [-0.2, -0.15) is 0 Å². The lowest BCUT2D eigenvalue weighted by atomic mass is 10.1. The van der Waals surface area contributed by atoms with E-state index in [1.807, 2.05) is 43.4 Å². The van der Waals surface area contributed by atoms with Gasteiger partial charge >= 0.3 is 0 Å². The van der Waals surface area contributed by atoms with Crippen molar-refractivity contribution in [1.82, 2.24) is 19.5 Å². The molecule has 0 bridgehead atoms. The zero-order valence-electron chi connectivity index (χ0n) is 19.5. The SMILES string of the molecule is COc1ccc(CN(C)c2ncnc3c2nc(-c2ccc(CO)cc2)n3C2CCCCO2)cc1. The number of methoxy groups -OCH3 is 1. The van der Waals surface area contributed by atoms with Crippen molar-refractivity contribution in [1.29, 1.82) is 0 Å². The first kappa shape index (κ1) is 22.3. The number of hydrogen-bond acceptors (Lipinski definition) is 7. The summed E-state index contributed by atoms with van der Waals surface area (Å²) in [5.74, 6) is 2.40. The molecule has 1 atom stereocenters. The second-order valence-electron chi connectivity index (χ2n) is 8.56. The van der Waals surface area contributed by atoms with Gasteiger partial charge in [-0.1, -0.05) is 36.4 Å². The Morgan fingerprint density at radius 1 is 1.06 bits per heavy atom. The first-order chi connectivity index (χ1) is 16.7. The van der Waals surface area contributed by atoms with Gasteiger partial charge in [-0.05, 0) is 42.5 Å². The lowest BCUT2D eigenvalue weighted by molar-refractivity contribution is -0.0287. The highest BCUT2D eigenvalue weighted by Gasteiger charge is 2.26. The molecule has 1 aliphatic heterocycles. The molecule has 1 aliphatic rings. The third-order valence-corrected chi connectivity index (χ3v) is 6.24. The van der Waals surface area contributed by atoms with E-state index in [4.69, 9.17) is 14.5 Å². The van der Waals surface area contributed by atoms with E-state index >= 15 is 0 Å². The zero-order chi connectivity index (χ0) is 23.5. The highest BCUT2D eigenvalue weighted by molar-refractivity contribution is 5.87. The maximum atomic E-state index is 9.45.